The third-order valence-electron chi connectivity index (χ3n) is 3.75. The summed E-state index contributed by atoms with van der Waals surface area (Å²) < 4.78 is 6.68. The number of nitrogens with zero attached hydrogens (tertiary/aromatic N) is 4. The molecular formula is C15H16N4O4. The molecule has 1 aliphatic heterocycles. The summed E-state index contributed by atoms with van der Waals surface area (Å²) in [7, 11) is 1.62. The Morgan fingerprint density at radius 2 is 2.09 bits per heavy atom. The number of anilines is 1. The number of benzene rings is 1. The number of ether oxygens (including phenoxy) is 1. The Labute approximate surface area is 132 Å². The van der Waals surface area contributed by atoms with Gasteiger partial charge < -0.3 is 9.84 Å². The van der Waals surface area contributed by atoms with E-state index < -0.39 is 18.1 Å². The Kier molecular flexibility index (Phi) is 3.96. The van der Waals surface area contributed by atoms with Gasteiger partial charge in [-0.15, -0.1) is 5.10 Å². The Morgan fingerprint density at radius 1 is 1.35 bits per heavy atom. The van der Waals surface area contributed by atoms with E-state index in [2.05, 4.69) is 10.3 Å². The van der Waals surface area contributed by atoms with Gasteiger partial charge in [0.2, 0.25) is 0 Å². The number of aromatic nitrogens is 3. The third-order valence-corrected chi connectivity index (χ3v) is 3.75. The van der Waals surface area contributed by atoms with Crippen molar-refractivity contribution in [2.24, 2.45) is 7.05 Å². The zero-order valence-corrected chi connectivity index (χ0v) is 12.5. The lowest BCUT2D eigenvalue weighted by molar-refractivity contribution is -0.138. The van der Waals surface area contributed by atoms with Crippen molar-refractivity contribution < 1.29 is 19.4 Å². The van der Waals surface area contributed by atoms with Crippen LogP contribution in [0.5, 0.6) is 0 Å². The molecule has 1 aromatic heterocycles. The van der Waals surface area contributed by atoms with Gasteiger partial charge in [0.1, 0.15) is 18.3 Å². The van der Waals surface area contributed by atoms with Crippen molar-refractivity contribution in [1.29, 1.82) is 0 Å². The summed E-state index contributed by atoms with van der Waals surface area (Å²) in [5.74, 6) is -0.699. The fourth-order valence-electron chi connectivity index (χ4n) is 2.64. The molecule has 120 valence electrons. The number of amides is 1. The fourth-order valence-corrected chi connectivity index (χ4v) is 2.64. The van der Waals surface area contributed by atoms with Crippen molar-refractivity contribution in [3.63, 3.8) is 0 Å². The number of aliphatic carboxylic acids is 1. The summed E-state index contributed by atoms with van der Waals surface area (Å²) >= 11 is 0. The molecule has 23 heavy (non-hydrogen) atoms. The number of hydrogen-bond donors (Lipinski definition) is 1. The van der Waals surface area contributed by atoms with E-state index in [4.69, 9.17) is 4.74 Å². The summed E-state index contributed by atoms with van der Waals surface area (Å²) in [6.07, 6.45) is 0.0250. The molecule has 3 rings (SSSR count). The summed E-state index contributed by atoms with van der Waals surface area (Å²) in [5, 5.41) is 17.2. The second-order valence-corrected chi connectivity index (χ2v) is 5.29. The van der Waals surface area contributed by atoms with E-state index in [1.54, 1.807) is 7.05 Å². The van der Waals surface area contributed by atoms with Gasteiger partial charge in [-0.25, -0.2) is 19.2 Å². The third kappa shape index (κ3) is 2.87. The molecule has 0 spiro atoms. The van der Waals surface area contributed by atoms with Crippen LogP contribution in [0.15, 0.2) is 30.3 Å². The lowest BCUT2D eigenvalue weighted by Crippen LogP contribution is -2.49. The Balaban J connectivity index is 1.83. The fraction of sp³-hybridized carbons (Fsp3) is 0.333. The second-order valence-electron chi connectivity index (χ2n) is 5.29. The van der Waals surface area contributed by atoms with Crippen LogP contribution in [0.4, 0.5) is 10.6 Å². The number of carbonyl (C=O) groups excluding carboxylic acids is 1. The first-order valence-electron chi connectivity index (χ1n) is 7.19. The van der Waals surface area contributed by atoms with Crippen molar-refractivity contribution in [1.82, 2.24) is 15.0 Å². The topological polar surface area (TPSA) is 97.5 Å². The van der Waals surface area contributed by atoms with Gasteiger partial charge in [0, 0.05) is 7.05 Å². The van der Waals surface area contributed by atoms with E-state index in [1.807, 2.05) is 30.3 Å². The highest BCUT2D eigenvalue weighted by Crippen LogP contribution is 2.29. The summed E-state index contributed by atoms with van der Waals surface area (Å²) in [6.45, 7) is 0.0725. The van der Waals surface area contributed by atoms with Crippen LogP contribution in [-0.2, 0) is 29.6 Å². The molecular weight excluding hydrogens is 300 g/mol. The predicted molar refractivity (Wildman–Crippen MR) is 79.9 cm³/mol. The van der Waals surface area contributed by atoms with E-state index in [9.17, 15) is 14.7 Å². The van der Waals surface area contributed by atoms with E-state index >= 15 is 0 Å². The average molecular weight is 316 g/mol. The Morgan fingerprint density at radius 3 is 2.78 bits per heavy atom. The first-order chi connectivity index (χ1) is 11.1. The van der Waals surface area contributed by atoms with Gasteiger partial charge in [0.25, 0.3) is 0 Å². The maximum atomic E-state index is 12.5. The van der Waals surface area contributed by atoms with E-state index in [0.717, 1.165) is 10.5 Å². The van der Waals surface area contributed by atoms with Crippen LogP contribution < -0.4 is 4.90 Å². The Bertz CT molecular complexity index is 728. The number of hydrogen-bond acceptors (Lipinski definition) is 5. The minimum Gasteiger partial charge on any atom is -0.480 e. The van der Waals surface area contributed by atoms with Gasteiger partial charge >= 0.3 is 12.1 Å². The number of rotatable bonds is 3. The zero-order chi connectivity index (χ0) is 16.4. The predicted octanol–water partition coefficient (Wildman–Crippen LogP) is 1.36. The normalized spacial score (nSPS) is 16.7. The lowest BCUT2D eigenvalue weighted by atomic mass is 10.0. The van der Waals surface area contributed by atoms with Crippen LogP contribution in [0, 0.1) is 0 Å². The molecule has 0 bridgehead atoms. The number of carboxylic acids is 1. The lowest BCUT2D eigenvalue weighted by Gasteiger charge is -2.31. The molecule has 0 radical (unpaired) electrons. The van der Waals surface area contributed by atoms with Crippen LogP contribution in [0.1, 0.15) is 17.7 Å². The largest absolute Gasteiger partial charge is 0.480 e. The molecule has 8 heteroatoms. The Hall–Kier alpha value is -2.90. The molecule has 2 aromatic rings. The first kappa shape index (κ1) is 15.0. The number of aryl methyl sites for hydroxylation is 2. The highest BCUT2D eigenvalue weighted by atomic mass is 16.6. The van der Waals surface area contributed by atoms with Crippen LogP contribution in [0.2, 0.25) is 0 Å². The molecule has 1 aliphatic rings. The molecule has 1 atom stereocenters. The van der Waals surface area contributed by atoms with Gasteiger partial charge in [0.15, 0.2) is 5.82 Å². The smallest absolute Gasteiger partial charge is 0.416 e. The van der Waals surface area contributed by atoms with Gasteiger partial charge in [-0.05, 0) is 18.4 Å². The molecule has 1 N–H and O–H groups in total. The first-order valence-corrected chi connectivity index (χ1v) is 7.19. The van der Waals surface area contributed by atoms with Gasteiger partial charge in [-0.2, -0.15) is 0 Å². The number of carboxylic acid groups (broad SMARTS) is 1. The van der Waals surface area contributed by atoms with Crippen molar-refractivity contribution in [3.05, 3.63) is 41.6 Å². The molecule has 0 saturated heterocycles. The van der Waals surface area contributed by atoms with Crippen molar-refractivity contribution in [3.8, 4) is 0 Å². The van der Waals surface area contributed by atoms with E-state index in [-0.39, 0.29) is 13.0 Å². The van der Waals surface area contributed by atoms with Gasteiger partial charge in [-0.1, -0.05) is 35.5 Å². The highest BCUT2D eigenvalue weighted by molar-refractivity contribution is 5.95. The highest BCUT2D eigenvalue weighted by Gasteiger charge is 2.39. The average Bonchev–Trinajstić information content (AvgIpc) is 2.94. The van der Waals surface area contributed by atoms with Gasteiger partial charge in [-0.3, -0.25) is 0 Å². The van der Waals surface area contributed by atoms with Gasteiger partial charge in [0.05, 0.1) is 0 Å². The van der Waals surface area contributed by atoms with Crippen LogP contribution in [-0.4, -0.2) is 38.2 Å². The van der Waals surface area contributed by atoms with Crippen molar-refractivity contribution in [2.75, 3.05) is 4.90 Å². The van der Waals surface area contributed by atoms with Crippen LogP contribution >= 0.6 is 0 Å². The number of fused-ring (bicyclic) bond motifs is 1. The maximum absolute atomic E-state index is 12.5. The molecule has 1 unspecified atom stereocenters. The molecule has 1 amide bonds. The van der Waals surface area contributed by atoms with Crippen LogP contribution in [0.25, 0.3) is 0 Å². The zero-order valence-electron chi connectivity index (χ0n) is 12.5. The van der Waals surface area contributed by atoms with Crippen LogP contribution in [0.3, 0.4) is 0 Å². The molecule has 8 nitrogen and oxygen atoms in total. The van der Waals surface area contributed by atoms with E-state index in [1.165, 1.54) is 4.68 Å². The minimum absolute atomic E-state index is 0.0725. The number of carbonyl (C=O) groups is 2. The second kappa shape index (κ2) is 6.07. The molecule has 1 aromatic carbocycles. The summed E-state index contributed by atoms with van der Waals surface area (Å²) in [4.78, 5) is 25.1. The SMILES string of the molecule is Cn1nnc2c1N(C(=O)OCc1ccccc1)C(C(=O)O)CC2. The molecule has 0 fully saturated rings. The summed E-state index contributed by atoms with van der Waals surface area (Å²) in [5.41, 5.74) is 1.43. The van der Waals surface area contributed by atoms with E-state index in [0.29, 0.717) is 17.9 Å². The minimum atomic E-state index is -1.08. The standard InChI is InChI=1S/C15H16N4O4/c1-18-13-11(16-17-18)7-8-12(14(20)21)19(13)15(22)23-9-10-5-3-2-4-6-10/h2-6,12H,7-9H2,1H3,(H,20,21). The molecule has 0 saturated carbocycles. The molecule has 0 aliphatic carbocycles. The van der Waals surface area contributed by atoms with Crippen molar-refractivity contribution >= 4 is 17.9 Å². The monoisotopic (exact) mass is 316 g/mol. The molecule has 2 heterocycles. The maximum Gasteiger partial charge on any atom is 0.416 e. The summed E-state index contributed by atoms with van der Waals surface area (Å²) in [6, 6.07) is 8.22. The van der Waals surface area contributed by atoms with Crippen molar-refractivity contribution in [2.45, 2.75) is 25.5 Å². The quantitative estimate of drug-likeness (QED) is 0.918.